The lowest BCUT2D eigenvalue weighted by molar-refractivity contribution is -0.128. The van der Waals surface area contributed by atoms with E-state index in [-0.39, 0.29) is 23.4 Å². The number of carbonyl (C=O) groups is 1. The number of sulfonamides is 1. The normalized spacial score (nSPS) is 18.0. The maximum absolute atomic E-state index is 13.6. The average Bonchev–Trinajstić information content (AvgIpc) is 2.87. The van der Waals surface area contributed by atoms with Gasteiger partial charge >= 0.3 is 0 Å². The molecule has 7 heteroatoms. The molecular formula is C29H32N2O4S. The van der Waals surface area contributed by atoms with Crippen LogP contribution in [0.15, 0.2) is 65.6 Å². The predicted molar refractivity (Wildman–Crippen MR) is 141 cm³/mol. The summed E-state index contributed by atoms with van der Waals surface area (Å²) in [6.45, 7) is 5.66. The number of nitrogens with zero attached hydrogens (tertiary/aromatic N) is 1. The molecule has 0 saturated carbocycles. The van der Waals surface area contributed by atoms with Crippen molar-refractivity contribution < 1.29 is 17.9 Å². The molecule has 188 valence electrons. The fourth-order valence-electron chi connectivity index (χ4n) is 4.98. The summed E-state index contributed by atoms with van der Waals surface area (Å²) in [6, 6.07) is 18.3. The summed E-state index contributed by atoms with van der Waals surface area (Å²) in [6.07, 6.45) is 3.62. The van der Waals surface area contributed by atoms with Crippen molar-refractivity contribution >= 4 is 21.6 Å². The Balaban J connectivity index is 1.41. The first-order valence-electron chi connectivity index (χ1n) is 12.5. The first-order valence-corrected chi connectivity index (χ1v) is 14.0. The summed E-state index contributed by atoms with van der Waals surface area (Å²) in [5, 5.41) is 3.05. The van der Waals surface area contributed by atoms with E-state index in [1.807, 2.05) is 26.8 Å². The zero-order chi connectivity index (χ0) is 25.4. The highest BCUT2D eigenvalue weighted by atomic mass is 32.2. The van der Waals surface area contributed by atoms with Crippen LogP contribution in [0.3, 0.4) is 0 Å². The lowest BCUT2D eigenvalue weighted by atomic mass is 9.89. The molecule has 1 amide bonds. The molecule has 0 spiro atoms. The van der Waals surface area contributed by atoms with Crippen LogP contribution in [0.2, 0.25) is 0 Å². The van der Waals surface area contributed by atoms with E-state index in [4.69, 9.17) is 4.74 Å². The second kappa shape index (κ2) is 9.62. The van der Waals surface area contributed by atoms with Crippen molar-refractivity contribution in [3.63, 3.8) is 0 Å². The quantitative estimate of drug-likeness (QED) is 0.530. The Morgan fingerprint density at radius 2 is 1.64 bits per heavy atom. The standard InChI is InChI=1S/C29H32N2O4S/c1-19-8-13-25(14-9-19)36(33,34)31-18-28(35-27-16-20(2)10-15-26(27)31)29(32)30-21(3)23-12-11-22-6-4-5-7-24(22)17-23/h8-17,21,28H,4-7,18H2,1-3H3,(H,30,32). The summed E-state index contributed by atoms with van der Waals surface area (Å²) in [5.74, 6) is 0.0509. The Bertz CT molecular complexity index is 1400. The largest absolute Gasteiger partial charge is 0.476 e. The van der Waals surface area contributed by atoms with Crippen molar-refractivity contribution in [2.45, 2.75) is 63.5 Å². The van der Waals surface area contributed by atoms with Crippen LogP contribution in [0.4, 0.5) is 5.69 Å². The van der Waals surface area contributed by atoms with Crippen LogP contribution in [0.1, 0.15) is 53.6 Å². The molecule has 5 rings (SSSR count). The third-order valence-electron chi connectivity index (χ3n) is 7.12. The van der Waals surface area contributed by atoms with E-state index >= 15 is 0 Å². The maximum atomic E-state index is 13.6. The number of amides is 1. The van der Waals surface area contributed by atoms with Gasteiger partial charge in [0, 0.05) is 0 Å². The average molecular weight is 505 g/mol. The van der Waals surface area contributed by atoms with Gasteiger partial charge in [0.2, 0.25) is 0 Å². The van der Waals surface area contributed by atoms with E-state index in [0.29, 0.717) is 11.4 Å². The molecule has 1 N–H and O–H groups in total. The van der Waals surface area contributed by atoms with Gasteiger partial charge in [-0.1, -0.05) is 42.0 Å². The summed E-state index contributed by atoms with van der Waals surface area (Å²) >= 11 is 0. The number of fused-ring (bicyclic) bond motifs is 2. The number of rotatable bonds is 5. The van der Waals surface area contributed by atoms with Crippen LogP contribution in [0, 0.1) is 13.8 Å². The number of carbonyl (C=O) groups excluding carboxylic acids is 1. The summed E-state index contributed by atoms with van der Waals surface area (Å²) < 4.78 is 34.6. The molecule has 0 radical (unpaired) electrons. The van der Waals surface area contributed by atoms with Crippen LogP contribution in [0.5, 0.6) is 5.75 Å². The molecule has 2 atom stereocenters. The summed E-state index contributed by atoms with van der Waals surface area (Å²) in [4.78, 5) is 13.5. The Labute approximate surface area is 213 Å². The van der Waals surface area contributed by atoms with Crippen molar-refractivity contribution in [2.24, 2.45) is 0 Å². The maximum Gasteiger partial charge on any atom is 0.264 e. The van der Waals surface area contributed by atoms with E-state index in [0.717, 1.165) is 29.5 Å². The smallest absolute Gasteiger partial charge is 0.264 e. The second-order valence-corrected chi connectivity index (χ2v) is 11.8. The first kappa shape index (κ1) is 24.4. The van der Waals surface area contributed by atoms with Crippen LogP contribution in [-0.2, 0) is 27.7 Å². The van der Waals surface area contributed by atoms with Gasteiger partial charge in [0.1, 0.15) is 5.75 Å². The fraction of sp³-hybridized carbons (Fsp3) is 0.345. The Morgan fingerprint density at radius 1 is 0.944 bits per heavy atom. The third kappa shape index (κ3) is 4.72. The van der Waals surface area contributed by atoms with Gasteiger partial charge in [0.05, 0.1) is 23.2 Å². The first-order chi connectivity index (χ1) is 17.2. The van der Waals surface area contributed by atoms with Gasteiger partial charge in [-0.05, 0) is 93.0 Å². The van der Waals surface area contributed by atoms with E-state index in [2.05, 4.69) is 23.5 Å². The number of hydrogen-bond donors (Lipinski definition) is 1. The predicted octanol–water partition coefficient (Wildman–Crippen LogP) is 5.02. The molecule has 1 aliphatic carbocycles. The minimum absolute atomic E-state index is 0.102. The van der Waals surface area contributed by atoms with Gasteiger partial charge in [-0.3, -0.25) is 9.10 Å². The van der Waals surface area contributed by atoms with E-state index < -0.39 is 16.1 Å². The van der Waals surface area contributed by atoms with Crippen molar-refractivity contribution in [3.05, 3.63) is 88.5 Å². The lowest BCUT2D eigenvalue weighted by Gasteiger charge is -2.35. The van der Waals surface area contributed by atoms with Gasteiger partial charge in [-0.2, -0.15) is 0 Å². The molecule has 1 aliphatic heterocycles. The van der Waals surface area contributed by atoms with Gasteiger partial charge < -0.3 is 10.1 Å². The van der Waals surface area contributed by atoms with Crippen molar-refractivity contribution in [2.75, 3.05) is 10.8 Å². The monoisotopic (exact) mass is 504 g/mol. The van der Waals surface area contributed by atoms with Crippen LogP contribution in [-0.4, -0.2) is 27.0 Å². The number of anilines is 1. The second-order valence-electron chi connectivity index (χ2n) is 9.89. The Kier molecular flexibility index (Phi) is 6.51. The molecule has 0 aromatic heterocycles. The molecule has 1 heterocycles. The van der Waals surface area contributed by atoms with Gasteiger partial charge in [0.25, 0.3) is 15.9 Å². The molecule has 0 bridgehead atoms. The van der Waals surface area contributed by atoms with Crippen LogP contribution >= 0.6 is 0 Å². The minimum Gasteiger partial charge on any atom is -0.476 e. The number of benzene rings is 3. The SMILES string of the molecule is Cc1ccc(S(=O)(=O)N2CC(C(=O)NC(C)c3ccc4c(c3)CCCC4)Oc3cc(C)ccc32)cc1. The highest BCUT2D eigenvalue weighted by Crippen LogP contribution is 2.38. The number of nitrogens with one attached hydrogen (secondary N) is 1. The zero-order valence-corrected chi connectivity index (χ0v) is 21.8. The van der Waals surface area contributed by atoms with Gasteiger partial charge in [-0.15, -0.1) is 0 Å². The molecule has 2 unspecified atom stereocenters. The van der Waals surface area contributed by atoms with Crippen molar-refractivity contribution in [1.82, 2.24) is 5.32 Å². The molecule has 0 saturated heterocycles. The molecule has 3 aromatic rings. The summed E-state index contributed by atoms with van der Waals surface area (Å²) in [5.41, 5.74) is 6.12. The molecule has 3 aromatic carbocycles. The molecule has 6 nitrogen and oxygen atoms in total. The highest BCUT2D eigenvalue weighted by Gasteiger charge is 2.38. The molecule has 36 heavy (non-hydrogen) atoms. The van der Waals surface area contributed by atoms with Gasteiger partial charge in [-0.25, -0.2) is 8.42 Å². The minimum atomic E-state index is -3.89. The van der Waals surface area contributed by atoms with E-state index in [1.54, 1.807) is 36.4 Å². The third-order valence-corrected chi connectivity index (χ3v) is 8.91. The molecular weight excluding hydrogens is 472 g/mol. The van der Waals surface area contributed by atoms with Crippen LogP contribution in [0.25, 0.3) is 0 Å². The molecule has 2 aliphatic rings. The lowest BCUT2D eigenvalue weighted by Crippen LogP contribution is -2.51. The summed E-state index contributed by atoms with van der Waals surface area (Å²) in [7, 11) is -3.89. The Morgan fingerprint density at radius 3 is 2.39 bits per heavy atom. The number of aryl methyl sites for hydroxylation is 4. The van der Waals surface area contributed by atoms with Crippen LogP contribution < -0.4 is 14.4 Å². The van der Waals surface area contributed by atoms with Crippen molar-refractivity contribution in [3.8, 4) is 5.75 Å². The van der Waals surface area contributed by atoms with E-state index in [1.165, 1.54) is 28.3 Å². The topological polar surface area (TPSA) is 75.7 Å². The Hall–Kier alpha value is -3.32. The number of hydrogen-bond acceptors (Lipinski definition) is 4. The highest BCUT2D eigenvalue weighted by molar-refractivity contribution is 7.92. The zero-order valence-electron chi connectivity index (χ0n) is 21.0. The fourth-order valence-corrected chi connectivity index (χ4v) is 6.45. The molecule has 0 fully saturated rings. The van der Waals surface area contributed by atoms with Gasteiger partial charge in [0.15, 0.2) is 6.10 Å². The van der Waals surface area contributed by atoms with E-state index in [9.17, 15) is 13.2 Å². The number of ether oxygens (including phenoxy) is 1. The van der Waals surface area contributed by atoms with Crippen molar-refractivity contribution in [1.29, 1.82) is 0 Å².